The molecule has 2 saturated heterocycles. The summed E-state index contributed by atoms with van der Waals surface area (Å²) in [5.41, 5.74) is -0.836. The number of alkyl carbamates (subject to hydrolysis) is 1. The van der Waals surface area contributed by atoms with Crippen molar-refractivity contribution in [3.05, 3.63) is 76.9 Å². The van der Waals surface area contributed by atoms with Crippen LogP contribution in [0.5, 0.6) is 5.75 Å². The zero-order chi connectivity index (χ0) is 31.5. The Hall–Kier alpha value is -3.84. The molecule has 2 fully saturated rings. The number of ether oxygens (including phenoxy) is 2. The number of nitrogens with zero attached hydrogens (tertiary/aromatic N) is 4. The topological polar surface area (TPSA) is 123 Å². The first-order valence-electron chi connectivity index (χ1n) is 14.9. The average molecular weight is 614 g/mol. The van der Waals surface area contributed by atoms with Crippen molar-refractivity contribution in [2.24, 2.45) is 5.92 Å². The third kappa shape index (κ3) is 6.94. The van der Waals surface area contributed by atoms with Gasteiger partial charge in [-0.2, -0.15) is 10.2 Å². The lowest BCUT2D eigenvalue weighted by Gasteiger charge is -2.35. The summed E-state index contributed by atoms with van der Waals surface area (Å²) < 4.78 is 55.2. The van der Waals surface area contributed by atoms with Crippen molar-refractivity contribution in [3.63, 3.8) is 0 Å². The van der Waals surface area contributed by atoms with Gasteiger partial charge in [0, 0.05) is 31.0 Å². The largest absolute Gasteiger partial charge is 0.481 e. The van der Waals surface area contributed by atoms with E-state index in [2.05, 4.69) is 36.1 Å². The molecule has 3 atom stereocenters. The van der Waals surface area contributed by atoms with Gasteiger partial charge in [-0.15, -0.1) is 0 Å². The van der Waals surface area contributed by atoms with Gasteiger partial charge >= 0.3 is 6.09 Å². The lowest BCUT2D eigenvalue weighted by molar-refractivity contribution is 0.0444. The number of amides is 1. The normalized spacial score (nSPS) is 21.6. The Morgan fingerprint density at radius 2 is 1.75 bits per heavy atom. The molecule has 0 spiro atoms. The molecule has 0 aliphatic carbocycles. The molecular formula is C31H38F3N7O3. The maximum atomic E-state index is 15.1. The Labute approximate surface area is 254 Å². The van der Waals surface area contributed by atoms with E-state index in [9.17, 15) is 13.6 Å². The summed E-state index contributed by atoms with van der Waals surface area (Å²) in [6.45, 7) is 9.05. The van der Waals surface area contributed by atoms with Crippen LogP contribution in [-0.4, -0.2) is 58.0 Å². The van der Waals surface area contributed by atoms with E-state index < -0.39 is 46.7 Å². The molecule has 1 aromatic carbocycles. The number of nitrogens with one attached hydrogen (secondary N) is 3. The molecule has 1 unspecified atom stereocenters. The van der Waals surface area contributed by atoms with E-state index in [1.54, 1.807) is 20.8 Å². The van der Waals surface area contributed by atoms with Crippen molar-refractivity contribution >= 4 is 6.09 Å². The van der Waals surface area contributed by atoms with Crippen LogP contribution in [-0.2, 0) is 16.7 Å². The average Bonchev–Trinajstić information content (AvgIpc) is 3.41. The highest BCUT2D eigenvalue weighted by Crippen LogP contribution is 2.41. The third-order valence-electron chi connectivity index (χ3n) is 7.98. The molecule has 4 heterocycles. The van der Waals surface area contributed by atoms with Crippen LogP contribution in [0.2, 0.25) is 0 Å². The molecule has 2 aromatic heterocycles. The number of hydrogen-bond donors (Lipinski definition) is 3. The second kappa shape index (κ2) is 13.0. The van der Waals surface area contributed by atoms with Gasteiger partial charge < -0.3 is 25.4 Å². The second-order valence-corrected chi connectivity index (χ2v) is 12.2. The van der Waals surface area contributed by atoms with Crippen molar-refractivity contribution < 1.29 is 27.4 Å². The van der Waals surface area contributed by atoms with Gasteiger partial charge in [0.25, 0.3) is 0 Å². The summed E-state index contributed by atoms with van der Waals surface area (Å²) in [6, 6.07) is 5.17. The molecular weight excluding hydrogens is 575 g/mol. The number of piperidine rings is 1. The lowest BCUT2D eigenvalue weighted by atomic mass is 9.80. The molecule has 236 valence electrons. The monoisotopic (exact) mass is 613 g/mol. The van der Waals surface area contributed by atoms with Crippen LogP contribution in [0, 0.1) is 23.4 Å². The lowest BCUT2D eigenvalue weighted by Crippen LogP contribution is -2.53. The molecule has 13 heteroatoms. The Morgan fingerprint density at radius 1 is 1.05 bits per heavy atom. The van der Waals surface area contributed by atoms with Gasteiger partial charge in [-0.3, -0.25) is 0 Å². The molecule has 3 aromatic rings. The van der Waals surface area contributed by atoms with E-state index in [0.29, 0.717) is 17.5 Å². The molecule has 0 radical (unpaired) electrons. The van der Waals surface area contributed by atoms with E-state index in [0.717, 1.165) is 44.1 Å². The van der Waals surface area contributed by atoms with Gasteiger partial charge in [0.15, 0.2) is 23.2 Å². The van der Waals surface area contributed by atoms with Crippen LogP contribution in [0.15, 0.2) is 36.7 Å². The highest BCUT2D eigenvalue weighted by Gasteiger charge is 2.50. The van der Waals surface area contributed by atoms with E-state index in [-0.39, 0.29) is 30.4 Å². The van der Waals surface area contributed by atoms with E-state index in [4.69, 9.17) is 9.47 Å². The number of benzene rings is 1. The molecule has 44 heavy (non-hydrogen) atoms. The minimum Gasteiger partial charge on any atom is -0.481 e. The van der Waals surface area contributed by atoms with Crippen LogP contribution in [0.25, 0.3) is 0 Å². The van der Waals surface area contributed by atoms with E-state index >= 15 is 4.39 Å². The minimum absolute atomic E-state index is 0.0760. The predicted molar refractivity (Wildman–Crippen MR) is 155 cm³/mol. The number of hydrogen-bond acceptors (Lipinski definition) is 9. The summed E-state index contributed by atoms with van der Waals surface area (Å²) >= 11 is 0. The van der Waals surface area contributed by atoms with E-state index in [1.807, 2.05) is 19.1 Å². The van der Waals surface area contributed by atoms with Gasteiger partial charge in [0.1, 0.15) is 28.8 Å². The van der Waals surface area contributed by atoms with Gasteiger partial charge in [-0.05, 0) is 76.9 Å². The number of carbonyl (C=O) groups excluding carboxylic acids is 1. The van der Waals surface area contributed by atoms with Gasteiger partial charge in [-0.25, -0.2) is 27.9 Å². The zero-order valence-electron chi connectivity index (χ0n) is 25.3. The molecule has 1 amide bonds. The number of halogens is 3. The second-order valence-electron chi connectivity index (χ2n) is 12.2. The minimum atomic E-state index is -1.46. The summed E-state index contributed by atoms with van der Waals surface area (Å²) in [7, 11) is 0. The molecule has 0 saturated carbocycles. The van der Waals surface area contributed by atoms with Crippen LogP contribution < -0.4 is 20.7 Å². The standard InChI is InChI=1S/C31H38F3N7O3/c1-5-19-6-7-26(41-40-19)27(18-8-10-35-11-9-18)43-20-14-37-28(38-15-20)31(39-29(42)44-30(2,3)4)17-36-16-22(31)21-12-24(33)25(34)13-23(21)32/h6-7,12-15,18,22,27,35-36H,5,8-11,16-17H2,1-4H3,(H,39,42)/t22-,27?,31+/m1/s1. The Balaban J connectivity index is 1.49. The quantitative estimate of drug-likeness (QED) is 0.316. The van der Waals surface area contributed by atoms with E-state index in [1.165, 1.54) is 12.4 Å². The van der Waals surface area contributed by atoms with Crippen molar-refractivity contribution in [1.82, 2.24) is 36.1 Å². The molecule has 0 bridgehead atoms. The summed E-state index contributed by atoms with van der Waals surface area (Å²) in [5.74, 6) is -3.69. The maximum absolute atomic E-state index is 15.1. The predicted octanol–water partition coefficient (Wildman–Crippen LogP) is 4.47. The first-order chi connectivity index (χ1) is 21.0. The number of aromatic nitrogens is 4. The SMILES string of the molecule is CCc1ccc(C(Oc2cnc([C@]3(NC(=O)OC(C)(C)C)CNC[C@@H]3c3cc(F)c(F)cc3F)nc2)C2CCNCC2)nn1. The smallest absolute Gasteiger partial charge is 0.408 e. The van der Waals surface area contributed by atoms with Gasteiger partial charge in [0.05, 0.1) is 18.1 Å². The van der Waals surface area contributed by atoms with Crippen molar-refractivity contribution in [1.29, 1.82) is 0 Å². The fraction of sp³-hybridized carbons (Fsp3) is 0.516. The van der Waals surface area contributed by atoms with Crippen LogP contribution in [0.1, 0.15) is 75.3 Å². The Bertz CT molecular complexity index is 1450. The van der Waals surface area contributed by atoms with Crippen LogP contribution in [0.4, 0.5) is 18.0 Å². The number of rotatable bonds is 8. The summed E-state index contributed by atoms with van der Waals surface area (Å²) in [6.07, 6.45) is 4.33. The molecule has 10 nitrogen and oxygen atoms in total. The fourth-order valence-corrected chi connectivity index (χ4v) is 5.81. The summed E-state index contributed by atoms with van der Waals surface area (Å²) in [5, 5.41) is 18.1. The third-order valence-corrected chi connectivity index (χ3v) is 7.98. The zero-order valence-corrected chi connectivity index (χ0v) is 25.3. The van der Waals surface area contributed by atoms with Crippen molar-refractivity contribution in [3.8, 4) is 5.75 Å². The Kier molecular flexibility index (Phi) is 9.35. The van der Waals surface area contributed by atoms with Crippen molar-refractivity contribution in [2.75, 3.05) is 26.2 Å². The first kappa shape index (κ1) is 31.6. The maximum Gasteiger partial charge on any atom is 0.408 e. The number of aryl methyl sites for hydroxylation is 1. The van der Waals surface area contributed by atoms with Crippen LogP contribution >= 0.6 is 0 Å². The fourth-order valence-electron chi connectivity index (χ4n) is 5.81. The Morgan fingerprint density at radius 3 is 2.39 bits per heavy atom. The highest BCUT2D eigenvalue weighted by atomic mass is 19.2. The van der Waals surface area contributed by atoms with Crippen LogP contribution in [0.3, 0.4) is 0 Å². The summed E-state index contributed by atoms with van der Waals surface area (Å²) in [4.78, 5) is 22.2. The molecule has 2 aliphatic heterocycles. The highest BCUT2D eigenvalue weighted by molar-refractivity contribution is 5.69. The molecule has 3 N–H and O–H groups in total. The molecule has 5 rings (SSSR count). The van der Waals surface area contributed by atoms with Crippen molar-refractivity contribution in [2.45, 2.75) is 70.1 Å². The van der Waals surface area contributed by atoms with Gasteiger partial charge in [0.2, 0.25) is 0 Å². The molecule has 2 aliphatic rings. The number of carbonyl (C=O) groups is 1. The first-order valence-corrected chi connectivity index (χ1v) is 14.9. The van der Waals surface area contributed by atoms with Gasteiger partial charge in [-0.1, -0.05) is 6.92 Å².